The number of aryl methyl sites for hydroxylation is 1. The van der Waals surface area contributed by atoms with Gasteiger partial charge in [0.05, 0.1) is 15.2 Å². The van der Waals surface area contributed by atoms with Crippen molar-refractivity contribution in [1.29, 1.82) is 0 Å². The maximum Gasteiger partial charge on any atom is 0.251 e. The van der Waals surface area contributed by atoms with Gasteiger partial charge in [0.15, 0.2) is 0 Å². The lowest BCUT2D eigenvalue weighted by Gasteiger charge is -2.05. The zero-order valence-electron chi connectivity index (χ0n) is 12.1. The van der Waals surface area contributed by atoms with Gasteiger partial charge in [-0.3, -0.25) is 4.79 Å². The van der Waals surface area contributed by atoms with Crippen molar-refractivity contribution >= 4 is 27.5 Å². The van der Waals surface area contributed by atoms with Crippen LogP contribution < -0.4 is 5.32 Å². The number of nitrogens with one attached hydrogen (secondary N) is 1. The highest BCUT2D eigenvalue weighted by Crippen LogP contribution is 2.22. The summed E-state index contributed by atoms with van der Waals surface area (Å²) in [6.07, 6.45) is 0.671. The molecule has 2 aromatic carbocycles. The summed E-state index contributed by atoms with van der Waals surface area (Å²) >= 11 is 1.62. The third kappa shape index (κ3) is 3.31. The largest absolute Gasteiger partial charge is 0.352 e. The number of hydrogen-bond acceptors (Lipinski definition) is 3. The molecule has 22 heavy (non-hydrogen) atoms. The smallest absolute Gasteiger partial charge is 0.251 e. The zero-order valence-corrected chi connectivity index (χ0v) is 12.9. The first-order valence-corrected chi connectivity index (χ1v) is 7.83. The van der Waals surface area contributed by atoms with E-state index >= 15 is 0 Å². The molecule has 5 heteroatoms. The molecular formula is C17H15FN2OS. The van der Waals surface area contributed by atoms with Crippen LogP contribution >= 0.6 is 11.3 Å². The molecule has 0 bridgehead atoms. The van der Waals surface area contributed by atoms with Gasteiger partial charge in [-0.15, -0.1) is 11.3 Å². The van der Waals surface area contributed by atoms with Gasteiger partial charge >= 0.3 is 0 Å². The molecule has 3 rings (SSSR count). The van der Waals surface area contributed by atoms with Crippen molar-refractivity contribution in [2.75, 3.05) is 6.54 Å². The Kier molecular flexibility index (Phi) is 4.15. The fraction of sp³-hybridized carbons (Fsp3) is 0.176. The van der Waals surface area contributed by atoms with E-state index in [-0.39, 0.29) is 11.7 Å². The van der Waals surface area contributed by atoms with E-state index in [0.717, 1.165) is 20.8 Å². The van der Waals surface area contributed by atoms with Crippen LogP contribution in [0.5, 0.6) is 0 Å². The summed E-state index contributed by atoms with van der Waals surface area (Å²) in [7, 11) is 0. The minimum Gasteiger partial charge on any atom is -0.352 e. The van der Waals surface area contributed by atoms with Gasteiger partial charge in [-0.2, -0.15) is 0 Å². The average molecular weight is 314 g/mol. The Labute approximate surface area is 131 Å². The molecule has 0 radical (unpaired) electrons. The molecule has 1 heterocycles. The van der Waals surface area contributed by atoms with Gasteiger partial charge in [-0.05, 0) is 49.2 Å². The quantitative estimate of drug-likeness (QED) is 0.797. The van der Waals surface area contributed by atoms with E-state index in [0.29, 0.717) is 18.5 Å². The van der Waals surface area contributed by atoms with Gasteiger partial charge in [0.25, 0.3) is 5.91 Å². The molecule has 1 N–H and O–H groups in total. The number of hydrogen-bond donors (Lipinski definition) is 1. The van der Waals surface area contributed by atoms with Crippen LogP contribution in [0.25, 0.3) is 10.2 Å². The van der Waals surface area contributed by atoms with Crippen LogP contribution in [0.2, 0.25) is 0 Å². The normalized spacial score (nSPS) is 10.8. The van der Waals surface area contributed by atoms with Crippen LogP contribution in [0, 0.1) is 12.7 Å². The fourth-order valence-electron chi connectivity index (χ4n) is 2.26. The maximum absolute atomic E-state index is 12.8. The summed E-state index contributed by atoms with van der Waals surface area (Å²) in [4.78, 5) is 16.5. The average Bonchev–Trinajstić information content (AvgIpc) is 2.88. The number of fused-ring (bicyclic) bond motifs is 1. The lowest BCUT2D eigenvalue weighted by molar-refractivity contribution is 0.0954. The van der Waals surface area contributed by atoms with E-state index in [1.54, 1.807) is 23.5 Å². The second kappa shape index (κ2) is 6.23. The van der Waals surface area contributed by atoms with Crippen molar-refractivity contribution in [3.63, 3.8) is 0 Å². The second-order valence-electron chi connectivity index (χ2n) is 5.05. The fourth-order valence-corrected chi connectivity index (χ4v) is 3.06. The van der Waals surface area contributed by atoms with E-state index in [2.05, 4.69) is 10.3 Å². The van der Waals surface area contributed by atoms with Crippen molar-refractivity contribution in [2.24, 2.45) is 0 Å². The van der Waals surface area contributed by atoms with Crippen molar-refractivity contribution in [1.82, 2.24) is 10.3 Å². The standard InChI is InChI=1S/C17H15FN2OS/c1-11-20-15-10-13(4-7-16(15)22-11)17(21)19-9-8-12-2-5-14(18)6-3-12/h2-7,10H,8-9H2,1H3,(H,19,21). The SMILES string of the molecule is Cc1nc2cc(C(=O)NCCc3ccc(F)cc3)ccc2s1. The summed E-state index contributed by atoms with van der Waals surface area (Å²) in [6.45, 7) is 2.46. The van der Waals surface area contributed by atoms with Crippen molar-refractivity contribution < 1.29 is 9.18 Å². The molecule has 0 aliphatic rings. The number of nitrogens with zero attached hydrogens (tertiary/aromatic N) is 1. The Bertz CT molecular complexity index is 811. The Hall–Kier alpha value is -2.27. The van der Waals surface area contributed by atoms with Crippen molar-refractivity contribution in [2.45, 2.75) is 13.3 Å². The van der Waals surface area contributed by atoms with Crippen LogP contribution in [-0.2, 0) is 6.42 Å². The number of thiazole rings is 1. The van der Waals surface area contributed by atoms with Gasteiger partial charge in [0.2, 0.25) is 0 Å². The van der Waals surface area contributed by atoms with Crippen LogP contribution in [0.1, 0.15) is 20.9 Å². The molecule has 0 aliphatic carbocycles. The van der Waals surface area contributed by atoms with E-state index in [1.165, 1.54) is 12.1 Å². The summed E-state index contributed by atoms with van der Waals surface area (Å²) in [6, 6.07) is 11.9. The molecule has 0 aliphatic heterocycles. The topological polar surface area (TPSA) is 42.0 Å². The summed E-state index contributed by atoms with van der Waals surface area (Å²) in [5.41, 5.74) is 2.46. The molecule has 1 aromatic heterocycles. The van der Waals surface area contributed by atoms with Crippen LogP contribution in [-0.4, -0.2) is 17.4 Å². The van der Waals surface area contributed by atoms with Gasteiger partial charge in [0, 0.05) is 12.1 Å². The minimum absolute atomic E-state index is 0.116. The highest BCUT2D eigenvalue weighted by Gasteiger charge is 2.08. The summed E-state index contributed by atoms with van der Waals surface area (Å²) < 4.78 is 13.9. The number of aromatic nitrogens is 1. The van der Waals surface area contributed by atoms with E-state index in [1.807, 2.05) is 25.1 Å². The number of carbonyl (C=O) groups is 1. The molecule has 3 nitrogen and oxygen atoms in total. The third-order valence-electron chi connectivity index (χ3n) is 3.37. The lowest BCUT2D eigenvalue weighted by atomic mass is 10.1. The van der Waals surface area contributed by atoms with Crippen LogP contribution in [0.3, 0.4) is 0 Å². The summed E-state index contributed by atoms with van der Waals surface area (Å²) in [5.74, 6) is -0.366. The highest BCUT2D eigenvalue weighted by atomic mass is 32.1. The Morgan fingerprint density at radius 1 is 1.23 bits per heavy atom. The number of amides is 1. The monoisotopic (exact) mass is 314 g/mol. The molecule has 0 saturated heterocycles. The first-order chi connectivity index (χ1) is 10.6. The van der Waals surface area contributed by atoms with Gasteiger partial charge < -0.3 is 5.32 Å². The molecule has 0 unspecified atom stereocenters. The maximum atomic E-state index is 12.8. The van der Waals surface area contributed by atoms with Gasteiger partial charge in [-0.25, -0.2) is 9.37 Å². The summed E-state index contributed by atoms with van der Waals surface area (Å²) in [5, 5.41) is 3.87. The van der Waals surface area contributed by atoms with Gasteiger partial charge in [-0.1, -0.05) is 12.1 Å². The lowest BCUT2D eigenvalue weighted by Crippen LogP contribution is -2.25. The zero-order chi connectivity index (χ0) is 15.5. The number of rotatable bonds is 4. The van der Waals surface area contributed by atoms with Crippen molar-refractivity contribution in [3.8, 4) is 0 Å². The molecule has 0 spiro atoms. The Balaban J connectivity index is 1.61. The van der Waals surface area contributed by atoms with Gasteiger partial charge in [0.1, 0.15) is 5.82 Å². The molecular weight excluding hydrogens is 299 g/mol. The van der Waals surface area contributed by atoms with Crippen molar-refractivity contribution in [3.05, 3.63) is 64.4 Å². The molecule has 1 amide bonds. The minimum atomic E-state index is -0.250. The van der Waals surface area contributed by atoms with E-state index in [4.69, 9.17) is 0 Å². The molecule has 3 aromatic rings. The first-order valence-electron chi connectivity index (χ1n) is 7.02. The molecule has 0 saturated carbocycles. The van der Waals surface area contributed by atoms with Crippen LogP contribution in [0.4, 0.5) is 4.39 Å². The molecule has 0 atom stereocenters. The number of carbonyl (C=O) groups excluding carboxylic acids is 1. The predicted molar refractivity (Wildman–Crippen MR) is 86.8 cm³/mol. The third-order valence-corrected chi connectivity index (χ3v) is 4.32. The number of benzene rings is 2. The Morgan fingerprint density at radius 2 is 2.00 bits per heavy atom. The highest BCUT2D eigenvalue weighted by molar-refractivity contribution is 7.18. The van der Waals surface area contributed by atoms with E-state index in [9.17, 15) is 9.18 Å². The van der Waals surface area contributed by atoms with E-state index < -0.39 is 0 Å². The molecule has 112 valence electrons. The second-order valence-corrected chi connectivity index (χ2v) is 6.28. The number of halogens is 1. The van der Waals surface area contributed by atoms with Crippen LogP contribution in [0.15, 0.2) is 42.5 Å². The molecule has 0 fully saturated rings. The first kappa shape index (κ1) is 14.7. The predicted octanol–water partition coefficient (Wildman–Crippen LogP) is 3.72. The Morgan fingerprint density at radius 3 is 2.77 bits per heavy atom.